The number of hydrogen-bond donors (Lipinski definition) is 0. The number of hydrogen-bond acceptors (Lipinski definition) is 4. The summed E-state index contributed by atoms with van der Waals surface area (Å²) in [7, 11) is 0. The van der Waals surface area contributed by atoms with Crippen molar-refractivity contribution in [1.29, 1.82) is 5.26 Å². The van der Waals surface area contributed by atoms with Crippen LogP contribution in [-0.2, 0) is 0 Å². The lowest BCUT2D eigenvalue weighted by molar-refractivity contribution is 0.0734. The first-order valence-electron chi connectivity index (χ1n) is 11.7. The van der Waals surface area contributed by atoms with Gasteiger partial charge in [-0.2, -0.15) is 5.26 Å². The fourth-order valence-electron chi connectivity index (χ4n) is 3.52. The van der Waals surface area contributed by atoms with Gasteiger partial charge in [-0.3, -0.25) is 0 Å². The Balaban J connectivity index is 1.54. The molecular weight excluding hydrogens is 422 g/mol. The van der Waals surface area contributed by atoms with Crippen molar-refractivity contribution in [2.45, 2.75) is 39.5 Å². The standard InChI is InChI=1S/C30H29NO3/c1-3-23(4-2)7-6-20-33-29-9-5-8-27(21-29)30(32)34-28-18-16-25(17-19-28)11-10-24-12-14-26(22-31)15-13-24/h5,8-9,12-19,21,23H,3-4,6-7,20H2,1-2H3. The van der Waals surface area contributed by atoms with E-state index in [0.29, 0.717) is 29.2 Å². The molecule has 172 valence electrons. The average Bonchev–Trinajstić information content (AvgIpc) is 2.89. The maximum Gasteiger partial charge on any atom is 0.343 e. The summed E-state index contributed by atoms with van der Waals surface area (Å²) in [5.74, 6) is 7.56. The number of carbonyl (C=O) groups excluding carboxylic acids is 1. The summed E-state index contributed by atoms with van der Waals surface area (Å²) >= 11 is 0. The molecule has 0 aromatic heterocycles. The van der Waals surface area contributed by atoms with Gasteiger partial charge in [0, 0.05) is 11.1 Å². The number of carbonyl (C=O) groups is 1. The fourth-order valence-corrected chi connectivity index (χ4v) is 3.52. The first kappa shape index (κ1) is 24.6. The van der Waals surface area contributed by atoms with Crippen LogP contribution in [-0.4, -0.2) is 12.6 Å². The molecule has 0 atom stereocenters. The smallest absolute Gasteiger partial charge is 0.343 e. The second-order valence-corrected chi connectivity index (χ2v) is 8.05. The molecule has 0 radical (unpaired) electrons. The zero-order chi connectivity index (χ0) is 24.2. The van der Waals surface area contributed by atoms with E-state index in [2.05, 4.69) is 31.8 Å². The number of rotatable bonds is 9. The summed E-state index contributed by atoms with van der Waals surface area (Å²) in [4.78, 5) is 12.6. The highest BCUT2D eigenvalue weighted by Gasteiger charge is 2.10. The largest absolute Gasteiger partial charge is 0.494 e. The Morgan fingerprint density at radius 1 is 0.853 bits per heavy atom. The van der Waals surface area contributed by atoms with Crippen LogP contribution in [0, 0.1) is 29.1 Å². The van der Waals surface area contributed by atoms with Gasteiger partial charge >= 0.3 is 5.97 Å². The summed E-state index contributed by atoms with van der Waals surface area (Å²) in [6.45, 7) is 5.09. The maximum atomic E-state index is 12.6. The zero-order valence-electron chi connectivity index (χ0n) is 19.7. The van der Waals surface area contributed by atoms with E-state index in [1.54, 1.807) is 54.6 Å². The lowest BCUT2D eigenvalue weighted by atomic mass is 9.98. The fraction of sp³-hybridized carbons (Fsp3) is 0.267. The predicted molar refractivity (Wildman–Crippen MR) is 134 cm³/mol. The molecule has 0 spiro atoms. The molecule has 0 saturated carbocycles. The summed E-state index contributed by atoms with van der Waals surface area (Å²) in [5.41, 5.74) is 2.67. The third-order valence-corrected chi connectivity index (χ3v) is 5.68. The van der Waals surface area contributed by atoms with Gasteiger partial charge in [-0.1, -0.05) is 44.6 Å². The van der Waals surface area contributed by atoms with E-state index < -0.39 is 5.97 Å². The second kappa shape index (κ2) is 12.9. The third kappa shape index (κ3) is 7.54. The Morgan fingerprint density at radius 3 is 2.09 bits per heavy atom. The minimum absolute atomic E-state index is 0.432. The lowest BCUT2D eigenvalue weighted by Crippen LogP contribution is -2.09. The molecule has 0 fully saturated rings. The first-order chi connectivity index (χ1) is 16.6. The Kier molecular flexibility index (Phi) is 9.32. The second-order valence-electron chi connectivity index (χ2n) is 8.05. The van der Waals surface area contributed by atoms with Gasteiger partial charge in [0.05, 0.1) is 23.8 Å². The van der Waals surface area contributed by atoms with Crippen molar-refractivity contribution < 1.29 is 14.3 Å². The van der Waals surface area contributed by atoms with Crippen molar-refractivity contribution >= 4 is 5.97 Å². The van der Waals surface area contributed by atoms with E-state index >= 15 is 0 Å². The lowest BCUT2D eigenvalue weighted by Gasteiger charge is -2.12. The predicted octanol–water partition coefficient (Wildman–Crippen LogP) is 6.77. The maximum absolute atomic E-state index is 12.6. The van der Waals surface area contributed by atoms with Crippen LogP contribution in [0.3, 0.4) is 0 Å². The van der Waals surface area contributed by atoms with Gasteiger partial charge in [-0.05, 0) is 85.5 Å². The van der Waals surface area contributed by atoms with Crippen LogP contribution in [0.2, 0.25) is 0 Å². The van der Waals surface area contributed by atoms with Gasteiger partial charge in [0.15, 0.2) is 0 Å². The molecule has 0 amide bonds. The Bertz CT molecular complexity index is 1170. The molecule has 0 bridgehead atoms. The molecular formula is C30H29NO3. The highest BCUT2D eigenvalue weighted by Crippen LogP contribution is 2.19. The van der Waals surface area contributed by atoms with Crippen LogP contribution in [0.25, 0.3) is 0 Å². The van der Waals surface area contributed by atoms with Gasteiger partial charge in [0.25, 0.3) is 0 Å². The molecule has 0 N–H and O–H groups in total. The Hall–Kier alpha value is -4.02. The molecule has 3 aromatic rings. The van der Waals surface area contributed by atoms with Crippen molar-refractivity contribution in [3.05, 3.63) is 95.1 Å². The zero-order valence-corrected chi connectivity index (χ0v) is 19.7. The SMILES string of the molecule is CCC(CC)CCCOc1cccc(C(=O)Oc2ccc(C#Cc3ccc(C#N)cc3)cc2)c1. The van der Waals surface area contributed by atoms with E-state index in [4.69, 9.17) is 14.7 Å². The molecule has 0 aliphatic carbocycles. The van der Waals surface area contributed by atoms with Gasteiger partial charge in [-0.15, -0.1) is 0 Å². The molecule has 0 saturated heterocycles. The van der Waals surface area contributed by atoms with Crippen LogP contribution < -0.4 is 9.47 Å². The molecule has 3 aromatic carbocycles. The van der Waals surface area contributed by atoms with Gasteiger partial charge in [0.2, 0.25) is 0 Å². The molecule has 4 nitrogen and oxygen atoms in total. The summed E-state index contributed by atoms with van der Waals surface area (Å²) in [6, 6.07) is 23.3. The normalized spacial score (nSPS) is 10.2. The molecule has 4 heteroatoms. The van der Waals surface area contributed by atoms with Crippen LogP contribution in [0.5, 0.6) is 11.5 Å². The monoisotopic (exact) mass is 451 g/mol. The van der Waals surface area contributed by atoms with Crippen LogP contribution >= 0.6 is 0 Å². The summed E-state index contributed by atoms with van der Waals surface area (Å²) in [6.07, 6.45) is 4.55. The summed E-state index contributed by atoms with van der Waals surface area (Å²) < 4.78 is 11.4. The Labute approximate surface area is 202 Å². The molecule has 0 aliphatic heterocycles. The number of nitriles is 1. The highest BCUT2D eigenvalue weighted by molar-refractivity contribution is 5.91. The quantitative estimate of drug-likeness (QED) is 0.156. The van der Waals surface area contributed by atoms with E-state index in [1.807, 2.05) is 18.2 Å². The molecule has 0 aliphatic rings. The third-order valence-electron chi connectivity index (χ3n) is 5.68. The van der Waals surface area contributed by atoms with Crippen molar-refractivity contribution in [3.8, 4) is 29.4 Å². The van der Waals surface area contributed by atoms with E-state index in [0.717, 1.165) is 29.9 Å². The van der Waals surface area contributed by atoms with Gasteiger partial charge in [0.1, 0.15) is 11.5 Å². The molecule has 3 rings (SSSR count). The number of ether oxygens (including phenoxy) is 2. The van der Waals surface area contributed by atoms with Gasteiger partial charge in [-0.25, -0.2) is 4.79 Å². The van der Waals surface area contributed by atoms with Crippen LogP contribution in [0.15, 0.2) is 72.8 Å². The minimum Gasteiger partial charge on any atom is -0.494 e. The Morgan fingerprint density at radius 2 is 1.47 bits per heavy atom. The first-order valence-corrected chi connectivity index (χ1v) is 11.7. The van der Waals surface area contributed by atoms with Gasteiger partial charge < -0.3 is 9.47 Å². The molecule has 0 unspecified atom stereocenters. The number of esters is 1. The summed E-state index contributed by atoms with van der Waals surface area (Å²) in [5, 5.41) is 8.86. The molecule has 0 heterocycles. The van der Waals surface area contributed by atoms with E-state index in [-0.39, 0.29) is 0 Å². The van der Waals surface area contributed by atoms with Crippen molar-refractivity contribution in [2.24, 2.45) is 5.92 Å². The van der Waals surface area contributed by atoms with E-state index in [9.17, 15) is 4.79 Å². The number of nitrogens with zero attached hydrogens (tertiary/aromatic N) is 1. The van der Waals surface area contributed by atoms with Crippen LogP contribution in [0.4, 0.5) is 0 Å². The average molecular weight is 452 g/mol. The number of benzene rings is 3. The topological polar surface area (TPSA) is 59.3 Å². The van der Waals surface area contributed by atoms with Crippen molar-refractivity contribution in [1.82, 2.24) is 0 Å². The minimum atomic E-state index is -0.432. The molecule has 34 heavy (non-hydrogen) atoms. The van der Waals surface area contributed by atoms with Crippen molar-refractivity contribution in [3.63, 3.8) is 0 Å². The van der Waals surface area contributed by atoms with E-state index in [1.165, 1.54) is 12.8 Å². The van der Waals surface area contributed by atoms with Crippen LogP contribution in [0.1, 0.15) is 66.6 Å². The highest BCUT2D eigenvalue weighted by atomic mass is 16.5. The van der Waals surface area contributed by atoms with Crippen molar-refractivity contribution in [2.75, 3.05) is 6.61 Å².